The Kier molecular flexibility index (Phi) is 55.1. The molecule has 73 heavy (non-hydrogen) atoms. The molecular weight excluding hydrogens is 901 g/mol. The molecule has 0 aromatic carbocycles. The van der Waals surface area contributed by atoms with Gasteiger partial charge in [-0.05, 0) is 141 Å². The van der Waals surface area contributed by atoms with Gasteiger partial charge in [0.25, 0.3) is 0 Å². The molecule has 406 valence electrons. The highest BCUT2D eigenvalue weighted by Gasteiger charge is 2.19. The summed E-state index contributed by atoms with van der Waals surface area (Å²) in [6.07, 6.45) is 87.7. The molecule has 0 spiro atoms. The lowest BCUT2D eigenvalue weighted by atomic mass is 10.1. The Balaban J connectivity index is 4.58. The topological polar surface area (TPSA) is 78.9 Å². The van der Waals surface area contributed by atoms with Crippen LogP contribution in [0.1, 0.15) is 213 Å². The lowest BCUT2D eigenvalue weighted by Gasteiger charge is -2.18. The van der Waals surface area contributed by atoms with Crippen molar-refractivity contribution >= 4 is 17.9 Å². The van der Waals surface area contributed by atoms with E-state index >= 15 is 0 Å². The normalized spacial score (nSPS) is 13.4. The minimum absolute atomic E-state index is 0.124. The van der Waals surface area contributed by atoms with Gasteiger partial charge in [0.05, 0.1) is 0 Å². The number of ether oxygens (including phenoxy) is 3. The van der Waals surface area contributed by atoms with Crippen LogP contribution < -0.4 is 0 Å². The molecule has 6 heteroatoms. The number of rotatable bonds is 49. The van der Waals surface area contributed by atoms with Crippen molar-refractivity contribution < 1.29 is 28.6 Å². The van der Waals surface area contributed by atoms with Gasteiger partial charge in [0.2, 0.25) is 0 Å². The monoisotopic (exact) mass is 1000 g/mol. The molecule has 0 amide bonds. The van der Waals surface area contributed by atoms with Crippen LogP contribution in [0, 0.1) is 0 Å². The van der Waals surface area contributed by atoms with E-state index in [0.29, 0.717) is 12.8 Å². The van der Waals surface area contributed by atoms with Crippen LogP contribution >= 0.6 is 0 Å². The van der Waals surface area contributed by atoms with E-state index in [9.17, 15) is 14.4 Å². The predicted octanol–water partition coefficient (Wildman–Crippen LogP) is 19.5. The Morgan fingerprint density at radius 1 is 0.274 bits per heavy atom. The molecule has 0 aromatic heterocycles. The van der Waals surface area contributed by atoms with Gasteiger partial charge in [-0.2, -0.15) is 0 Å². The van der Waals surface area contributed by atoms with Crippen LogP contribution in [0.2, 0.25) is 0 Å². The van der Waals surface area contributed by atoms with E-state index in [0.717, 1.165) is 167 Å². The van der Waals surface area contributed by atoms with Gasteiger partial charge in [-0.15, -0.1) is 0 Å². The maximum absolute atomic E-state index is 12.9. The fourth-order valence-electron chi connectivity index (χ4n) is 7.02. The van der Waals surface area contributed by atoms with Crippen molar-refractivity contribution in [2.24, 2.45) is 0 Å². The molecular formula is C67H102O6. The van der Waals surface area contributed by atoms with Gasteiger partial charge >= 0.3 is 17.9 Å². The zero-order valence-corrected chi connectivity index (χ0v) is 46.3. The van der Waals surface area contributed by atoms with Crippen LogP contribution in [-0.2, 0) is 28.6 Å². The van der Waals surface area contributed by atoms with Crippen molar-refractivity contribution in [3.63, 3.8) is 0 Å². The van der Waals surface area contributed by atoms with Gasteiger partial charge in [0.1, 0.15) is 13.2 Å². The highest BCUT2D eigenvalue weighted by atomic mass is 16.6. The Labute approximate surface area is 447 Å². The number of carbonyl (C=O) groups excluding carboxylic acids is 3. The van der Waals surface area contributed by atoms with E-state index < -0.39 is 6.10 Å². The summed E-state index contributed by atoms with van der Waals surface area (Å²) in [4.78, 5) is 38.2. The van der Waals surface area contributed by atoms with E-state index in [2.05, 4.69) is 191 Å². The van der Waals surface area contributed by atoms with Crippen molar-refractivity contribution in [1.29, 1.82) is 0 Å². The van der Waals surface area contributed by atoms with E-state index in [1.54, 1.807) is 0 Å². The second-order valence-corrected chi connectivity index (χ2v) is 18.0. The average Bonchev–Trinajstić information content (AvgIpc) is 3.39. The van der Waals surface area contributed by atoms with Crippen LogP contribution in [0.3, 0.4) is 0 Å². The number of allylic oxidation sites excluding steroid dienone is 28. The van der Waals surface area contributed by atoms with Crippen molar-refractivity contribution in [2.45, 2.75) is 219 Å². The second-order valence-electron chi connectivity index (χ2n) is 18.0. The highest BCUT2D eigenvalue weighted by Crippen LogP contribution is 2.12. The smallest absolute Gasteiger partial charge is 0.306 e. The largest absolute Gasteiger partial charge is 0.462 e. The van der Waals surface area contributed by atoms with Crippen LogP contribution in [0.15, 0.2) is 170 Å². The van der Waals surface area contributed by atoms with E-state index in [1.165, 1.54) is 0 Å². The molecule has 0 bridgehead atoms. The van der Waals surface area contributed by atoms with E-state index in [-0.39, 0.29) is 44.0 Å². The number of unbranched alkanes of at least 4 members (excludes halogenated alkanes) is 10. The Morgan fingerprint density at radius 2 is 0.507 bits per heavy atom. The standard InChI is InChI=1S/C67H102O6/c1-4-7-10-13-16-19-22-25-28-30-31-32-33-34-35-37-39-42-45-48-51-54-57-60-66(69)72-63-64(62-71-65(68)59-56-53-50-47-44-41-38-27-24-21-18-15-12-9-6-3)73-67(70)61-58-55-52-49-46-43-40-36-29-26-23-20-17-14-11-8-5-2/h7-12,16-21,25-29,31-32,34-35,38-40,42-43,48,51,64H,4-6,13-15,22-24,30,33,36-37,41,44-47,49-50,52-63H2,1-3H3/b10-7-,11-8-,12-9-,19-16-,20-17-,21-18-,28-25-,29-26-,32-31-,35-34-,38-27-,42-39-,43-40-,51-48-. The van der Waals surface area contributed by atoms with Crippen LogP contribution in [0.5, 0.6) is 0 Å². The van der Waals surface area contributed by atoms with Crippen molar-refractivity contribution in [3.05, 3.63) is 170 Å². The number of esters is 3. The fourth-order valence-corrected chi connectivity index (χ4v) is 7.02. The molecule has 0 rings (SSSR count). The summed E-state index contributed by atoms with van der Waals surface area (Å²) < 4.78 is 16.8. The molecule has 0 fully saturated rings. The molecule has 0 saturated carbocycles. The van der Waals surface area contributed by atoms with Gasteiger partial charge in [-0.25, -0.2) is 0 Å². The molecule has 0 N–H and O–H groups in total. The number of carbonyl (C=O) groups is 3. The number of hydrogen-bond acceptors (Lipinski definition) is 6. The van der Waals surface area contributed by atoms with Crippen molar-refractivity contribution in [3.8, 4) is 0 Å². The summed E-state index contributed by atoms with van der Waals surface area (Å²) in [6.45, 7) is 6.19. The van der Waals surface area contributed by atoms with Crippen molar-refractivity contribution in [1.82, 2.24) is 0 Å². The summed E-state index contributed by atoms with van der Waals surface area (Å²) in [5, 5.41) is 0. The summed E-state index contributed by atoms with van der Waals surface area (Å²) in [5.41, 5.74) is 0. The number of hydrogen-bond donors (Lipinski definition) is 0. The molecule has 0 aliphatic carbocycles. The first kappa shape index (κ1) is 67.8. The molecule has 1 atom stereocenters. The molecule has 0 aromatic rings. The fraction of sp³-hybridized carbons (Fsp3) is 0.537. The average molecular weight is 1000 g/mol. The SMILES string of the molecule is CC/C=C\C/C=C\C/C=C\C/C=C\C/C=C\C/C=C\C/C=C\CCCC(=O)OCC(COC(=O)CCCCCCC/C=C\C/C=C\C/C=C\CC)OC(=O)CCCCCC/C=C\C/C=C\C/C=C\C/C=C\CC. The summed E-state index contributed by atoms with van der Waals surface area (Å²) in [7, 11) is 0. The van der Waals surface area contributed by atoms with Crippen LogP contribution in [-0.4, -0.2) is 37.2 Å². The third-order valence-electron chi connectivity index (χ3n) is 11.2. The first-order valence-electron chi connectivity index (χ1n) is 28.6. The Morgan fingerprint density at radius 3 is 0.822 bits per heavy atom. The maximum atomic E-state index is 12.9. The summed E-state index contributed by atoms with van der Waals surface area (Å²) >= 11 is 0. The Hall–Kier alpha value is -5.23. The lowest BCUT2D eigenvalue weighted by molar-refractivity contribution is -0.167. The maximum Gasteiger partial charge on any atom is 0.306 e. The molecule has 0 aliphatic rings. The summed E-state index contributed by atoms with van der Waals surface area (Å²) in [6, 6.07) is 0. The minimum atomic E-state index is -0.832. The van der Waals surface area contributed by atoms with Gasteiger partial charge < -0.3 is 14.2 Å². The summed E-state index contributed by atoms with van der Waals surface area (Å²) in [5.74, 6) is -1.04. The molecule has 0 radical (unpaired) electrons. The molecule has 0 saturated heterocycles. The highest BCUT2D eigenvalue weighted by molar-refractivity contribution is 5.71. The molecule has 6 nitrogen and oxygen atoms in total. The van der Waals surface area contributed by atoms with Gasteiger partial charge in [-0.3, -0.25) is 14.4 Å². The lowest BCUT2D eigenvalue weighted by Crippen LogP contribution is -2.30. The molecule has 0 heterocycles. The zero-order chi connectivity index (χ0) is 52.9. The predicted molar refractivity (Wildman–Crippen MR) is 315 cm³/mol. The quantitative estimate of drug-likeness (QED) is 0.0261. The van der Waals surface area contributed by atoms with Crippen molar-refractivity contribution in [2.75, 3.05) is 13.2 Å². The first-order chi connectivity index (χ1) is 36.0. The second kappa shape index (κ2) is 59.3. The minimum Gasteiger partial charge on any atom is -0.462 e. The van der Waals surface area contributed by atoms with Gasteiger partial charge in [-0.1, -0.05) is 223 Å². The Bertz CT molecular complexity index is 1720. The first-order valence-corrected chi connectivity index (χ1v) is 28.6. The van der Waals surface area contributed by atoms with Gasteiger partial charge in [0, 0.05) is 19.3 Å². The van der Waals surface area contributed by atoms with Crippen LogP contribution in [0.4, 0.5) is 0 Å². The van der Waals surface area contributed by atoms with Crippen LogP contribution in [0.25, 0.3) is 0 Å². The molecule has 1 unspecified atom stereocenters. The van der Waals surface area contributed by atoms with E-state index in [4.69, 9.17) is 14.2 Å². The zero-order valence-electron chi connectivity index (χ0n) is 46.3. The molecule has 0 aliphatic heterocycles. The van der Waals surface area contributed by atoms with Gasteiger partial charge in [0.15, 0.2) is 6.10 Å². The van der Waals surface area contributed by atoms with E-state index in [1.807, 2.05) is 0 Å². The third kappa shape index (κ3) is 57.5. The third-order valence-corrected chi connectivity index (χ3v) is 11.2.